The van der Waals surface area contributed by atoms with Crippen molar-refractivity contribution in [3.8, 4) is 0 Å². The van der Waals surface area contributed by atoms with Gasteiger partial charge in [-0.25, -0.2) is 0 Å². The first-order chi connectivity index (χ1) is 9.08. The van der Waals surface area contributed by atoms with E-state index in [-0.39, 0.29) is 11.7 Å². The summed E-state index contributed by atoms with van der Waals surface area (Å²) < 4.78 is 0. The predicted molar refractivity (Wildman–Crippen MR) is 75.2 cm³/mol. The molecule has 100 valence electrons. The molecule has 1 amide bonds. The van der Waals surface area contributed by atoms with E-state index >= 15 is 0 Å². The molecule has 0 unspecified atom stereocenters. The number of hydrogen-bond donors (Lipinski definition) is 0. The van der Waals surface area contributed by atoms with Crippen molar-refractivity contribution < 1.29 is 9.59 Å². The molecule has 0 aromatic heterocycles. The highest BCUT2D eigenvalue weighted by Gasteiger charge is 2.21. The Morgan fingerprint density at radius 1 is 1.37 bits per heavy atom. The molecule has 1 heterocycles. The molecule has 0 saturated carbocycles. The minimum absolute atomic E-state index is 0.0535. The molecule has 0 atom stereocenters. The first kappa shape index (κ1) is 13.3. The van der Waals surface area contributed by atoms with Gasteiger partial charge < -0.3 is 9.80 Å². The Morgan fingerprint density at radius 2 is 2.16 bits per heavy atom. The monoisotopic (exact) mass is 258 g/mol. The van der Waals surface area contributed by atoms with Crippen molar-refractivity contribution in [1.82, 2.24) is 4.90 Å². The number of benzene rings is 1. The lowest BCUT2D eigenvalue weighted by atomic mass is 10.1. The third-order valence-electron chi connectivity index (χ3n) is 3.04. The SMILES string of the molecule is CN(C)/C=C/C(=O)c1cccc(N2CCCC2=O)c1. The molecule has 2 rings (SSSR count). The fraction of sp³-hybridized carbons (Fsp3) is 0.333. The van der Waals surface area contributed by atoms with Gasteiger partial charge in [-0.15, -0.1) is 0 Å². The lowest BCUT2D eigenvalue weighted by Crippen LogP contribution is -2.23. The molecule has 0 spiro atoms. The van der Waals surface area contributed by atoms with E-state index in [9.17, 15) is 9.59 Å². The average Bonchev–Trinajstić information content (AvgIpc) is 2.82. The van der Waals surface area contributed by atoms with Gasteiger partial charge >= 0.3 is 0 Å². The van der Waals surface area contributed by atoms with Gasteiger partial charge in [0.05, 0.1) is 0 Å². The Kier molecular flexibility index (Phi) is 4.00. The summed E-state index contributed by atoms with van der Waals surface area (Å²) in [7, 11) is 3.73. The molecule has 4 nitrogen and oxygen atoms in total. The normalized spacial score (nSPS) is 15.3. The second-order valence-electron chi connectivity index (χ2n) is 4.84. The van der Waals surface area contributed by atoms with E-state index in [2.05, 4.69) is 0 Å². The fourth-order valence-corrected chi connectivity index (χ4v) is 2.06. The zero-order chi connectivity index (χ0) is 13.8. The first-order valence-electron chi connectivity index (χ1n) is 6.37. The van der Waals surface area contributed by atoms with E-state index in [0.29, 0.717) is 12.0 Å². The molecule has 0 bridgehead atoms. The Bertz CT molecular complexity index is 521. The van der Waals surface area contributed by atoms with Gasteiger partial charge in [-0.3, -0.25) is 9.59 Å². The Morgan fingerprint density at radius 3 is 2.79 bits per heavy atom. The van der Waals surface area contributed by atoms with Crippen molar-refractivity contribution >= 4 is 17.4 Å². The molecule has 1 saturated heterocycles. The smallest absolute Gasteiger partial charge is 0.227 e. The number of carbonyl (C=O) groups is 2. The summed E-state index contributed by atoms with van der Waals surface area (Å²) in [4.78, 5) is 27.2. The van der Waals surface area contributed by atoms with E-state index in [0.717, 1.165) is 18.7 Å². The predicted octanol–water partition coefficient (Wildman–Crippen LogP) is 2.07. The number of allylic oxidation sites excluding steroid dienone is 1. The summed E-state index contributed by atoms with van der Waals surface area (Å²) in [6.45, 7) is 0.740. The number of hydrogen-bond acceptors (Lipinski definition) is 3. The molecule has 1 fully saturated rings. The maximum absolute atomic E-state index is 12.0. The van der Waals surface area contributed by atoms with Crippen LogP contribution in [0.4, 0.5) is 5.69 Å². The Labute approximate surface area is 113 Å². The van der Waals surface area contributed by atoms with E-state index in [4.69, 9.17) is 0 Å². The number of amides is 1. The molecular weight excluding hydrogens is 240 g/mol. The van der Waals surface area contributed by atoms with Gasteiger partial charge in [0, 0.05) is 50.6 Å². The number of rotatable bonds is 4. The van der Waals surface area contributed by atoms with Crippen LogP contribution in [0.3, 0.4) is 0 Å². The van der Waals surface area contributed by atoms with Gasteiger partial charge in [-0.1, -0.05) is 12.1 Å². The summed E-state index contributed by atoms with van der Waals surface area (Å²) in [5.41, 5.74) is 1.42. The number of anilines is 1. The molecule has 1 aromatic carbocycles. The van der Waals surface area contributed by atoms with Gasteiger partial charge in [0.2, 0.25) is 5.91 Å². The van der Waals surface area contributed by atoms with Crippen LogP contribution in [0.25, 0.3) is 0 Å². The molecular formula is C15H18N2O2. The molecule has 0 N–H and O–H groups in total. The third kappa shape index (κ3) is 3.22. The topological polar surface area (TPSA) is 40.6 Å². The van der Waals surface area contributed by atoms with Crippen LogP contribution in [-0.4, -0.2) is 37.2 Å². The van der Waals surface area contributed by atoms with Crippen molar-refractivity contribution in [3.05, 3.63) is 42.1 Å². The fourth-order valence-electron chi connectivity index (χ4n) is 2.06. The summed E-state index contributed by atoms with van der Waals surface area (Å²) in [5.74, 6) is 0.0793. The Hall–Kier alpha value is -2.10. The quantitative estimate of drug-likeness (QED) is 0.613. The van der Waals surface area contributed by atoms with Crippen molar-refractivity contribution in [1.29, 1.82) is 0 Å². The van der Waals surface area contributed by atoms with Crippen LogP contribution in [0.15, 0.2) is 36.5 Å². The minimum Gasteiger partial charge on any atom is -0.383 e. The van der Waals surface area contributed by atoms with Crippen LogP contribution < -0.4 is 4.90 Å². The zero-order valence-electron chi connectivity index (χ0n) is 11.3. The molecule has 1 aromatic rings. The molecule has 1 aliphatic heterocycles. The summed E-state index contributed by atoms with van der Waals surface area (Å²) in [5, 5.41) is 0. The van der Waals surface area contributed by atoms with E-state index in [1.54, 1.807) is 23.2 Å². The Balaban J connectivity index is 2.19. The highest BCUT2D eigenvalue weighted by atomic mass is 16.2. The molecule has 1 aliphatic rings. The van der Waals surface area contributed by atoms with Crippen LogP contribution >= 0.6 is 0 Å². The molecule has 19 heavy (non-hydrogen) atoms. The van der Waals surface area contributed by atoms with Crippen LogP contribution in [0.5, 0.6) is 0 Å². The summed E-state index contributed by atoms with van der Waals surface area (Å²) in [6, 6.07) is 7.24. The molecule has 4 heteroatoms. The second-order valence-corrected chi connectivity index (χ2v) is 4.84. The van der Waals surface area contributed by atoms with Crippen molar-refractivity contribution in [3.63, 3.8) is 0 Å². The van der Waals surface area contributed by atoms with Crippen molar-refractivity contribution in [2.24, 2.45) is 0 Å². The standard InChI is InChI=1S/C15H18N2O2/c1-16(2)10-8-14(18)12-5-3-6-13(11-12)17-9-4-7-15(17)19/h3,5-6,8,10-11H,4,7,9H2,1-2H3/b10-8+. The van der Waals surface area contributed by atoms with E-state index in [1.807, 2.05) is 31.1 Å². The van der Waals surface area contributed by atoms with E-state index in [1.165, 1.54) is 6.08 Å². The van der Waals surface area contributed by atoms with Crippen LogP contribution in [0, 0.1) is 0 Å². The zero-order valence-corrected chi connectivity index (χ0v) is 11.3. The summed E-state index contributed by atoms with van der Waals surface area (Å²) >= 11 is 0. The largest absolute Gasteiger partial charge is 0.383 e. The highest BCUT2D eigenvalue weighted by Crippen LogP contribution is 2.22. The van der Waals surface area contributed by atoms with Crippen molar-refractivity contribution in [2.45, 2.75) is 12.8 Å². The maximum atomic E-state index is 12.0. The maximum Gasteiger partial charge on any atom is 0.227 e. The van der Waals surface area contributed by atoms with Crippen molar-refractivity contribution in [2.75, 3.05) is 25.5 Å². The highest BCUT2D eigenvalue weighted by molar-refractivity contribution is 6.05. The third-order valence-corrected chi connectivity index (χ3v) is 3.04. The van der Waals surface area contributed by atoms with Crippen LogP contribution in [-0.2, 0) is 4.79 Å². The number of ketones is 1. The van der Waals surface area contributed by atoms with Gasteiger partial charge in [-0.2, -0.15) is 0 Å². The summed E-state index contributed by atoms with van der Waals surface area (Å²) in [6.07, 6.45) is 4.73. The average molecular weight is 258 g/mol. The lowest BCUT2D eigenvalue weighted by Gasteiger charge is -2.16. The molecule has 0 radical (unpaired) electrons. The van der Waals surface area contributed by atoms with Gasteiger partial charge in [0.1, 0.15) is 0 Å². The van der Waals surface area contributed by atoms with Gasteiger partial charge in [0.15, 0.2) is 5.78 Å². The number of carbonyl (C=O) groups excluding carboxylic acids is 2. The second kappa shape index (κ2) is 5.69. The van der Waals surface area contributed by atoms with Gasteiger partial charge in [0.25, 0.3) is 0 Å². The minimum atomic E-state index is -0.0535. The van der Waals surface area contributed by atoms with Crippen LogP contribution in [0.1, 0.15) is 23.2 Å². The van der Waals surface area contributed by atoms with E-state index < -0.39 is 0 Å². The lowest BCUT2D eigenvalue weighted by molar-refractivity contribution is -0.117. The van der Waals surface area contributed by atoms with Crippen LogP contribution in [0.2, 0.25) is 0 Å². The number of nitrogens with zero attached hydrogens (tertiary/aromatic N) is 2. The first-order valence-corrected chi connectivity index (χ1v) is 6.37. The van der Waals surface area contributed by atoms with Gasteiger partial charge in [-0.05, 0) is 18.6 Å². The molecule has 0 aliphatic carbocycles.